The number of aromatic nitrogens is 1. The van der Waals surface area contributed by atoms with Crippen LogP contribution in [0, 0.1) is 18.3 Å². The van der Waals surface area contributed by atoms with Crippen molar-refractivity contribution < 1.29 is 13.2 Å². The summed E-state index contributed by atoms with van der Waals surface area (Å²) in [6, 6.07) is 12.8. The van der Waals surface area contributed by atoms with Gasteiger partial charge in [0.15, 0.2) is 0 Å². The number of carbonyl (C=O) groups excluding carboxylic acids is 1. The average Bonchev–Trinajstić information content (AvgIpc) is 3.15. The third kappa shape index (κ3) is 2.67. The van der Waals surface area contributed by atoms with Crippen LogP contribution < -0.4 is 0 Å². The number of rotatable bonds is 3. The van der Waals surface area contributed by atoms with E-state index in [1.165, 1.54) is 3.97 Å². The molecule has 1 aromatic heterocycles. The summed E-state index contributed by atoms with van der Waals surface area (Å²) in [5, 5.41) is 0.913. The number of hydrogen-bond donors (Lipinski definition) is 0. The molecule has 0 saturated heterocycles. The van der Waals surface area contributed by atoms with Gasteiger partial charge in [-0.2, -0.15) is 0 Å². The molecule has 5 rings (SSSR count). The van der Waals surface area contributed by atoms with Crippen molar-refractivity contribution in [2.45, 2.75) is 56.8 Å². The molecule has 0 bridgehead atoms. The number of allylic oxidation sites excluding steroid dienone is 1. The van der Waals surface area contributed by atoms with Crippen molar-refractivity contribution >= 4 is 26.7 Å². The number of hydrogen-bond acceptors (Lipinski definition) is 3. The zero-order chi connectivity index (χ0) is 23.1. The van der Waals surface area contributed by atoms with Crippen molar-refractivity contribution in [2.75, 3.05) is 0 Å². The van der Waals surface area contributed by atoms with Crippen molar-refractivity contribution in [1.82, 2.24) is 3.97 Å². The molecule has 1 fully saturated rings. The van der Waals surface area contributed by atoms with E-state index in [1.807, 2.05) is 38.1 Å². The van der Waals surface area contributed by atoms with E-state index in [1.54, 1.807) is 24.4 Å². The molecule has 4 nitrogen and oxygen atoms in total. The Morgan fingerprint density at radius 1 is 1.09 bits per heavy atom. The molecular weight excluding hydrogens is 418 g/mol. The zero-order valence-electron chi connectivity index (χ0n) is 19.1. The smallest absolute Gasteiger partial charge is 0.268 e. The minimum absolute atomic E-state index is 0.124. The molecule has 2 aliphatic rings. The van der Waals surface area contributed by atoms with Crippen molar-refractivity contribution in [1.29, 1.82) is 0 Å². The van der Waals surface area contributed by atoms with Crippen molar-refractivity contribution in [3.05, 3.63) is 78.0 Å². The van der Waals surface area contributed by atoms with E-state index < -0.39 is 15.4 Å². The second-order valence-corrected chi connectivity index (χ2v) is 12.0. The van der Waals surface area contributed by atoms with Crippen LogP contribution in [0.25, 0.3) is 10.9 Å². The molecule has 3 atom stereocenters. The molecule has 0 aliphatic heterocycles. The van der Waals surface area contributed by atoms with Crippen molar-refractivity contribution in [3.8, 4) is 0 Å². The molecular formula is C27H29NO3S. The highest BCUT2D eigenvalue weighted by atomic mass is 32.2. The van der Waals surface area contributed by atoms with Crippen LogP contribution in [0.2, 0.25) is 0 Å². The molecule has 0 N–H and O–H groups in total. The largest absolute Gasteiger partial charge is 0.298 e. The Balaban J connectivity index is 1.81. The Kier molecular flexibility index (Phi) is 4.42. The quantitative estimate of drug-likeness (QED) is 0.482. The zero-order valence-corrected chi connectivity index (χ0v) is 19.9. The Hall–Kier alpha value is -2.66. The molecule has 5 heteroatoms. The van der Waals surface area contributed by atoms with Crippen LogP contribution in [0.5, 0.6) is 0 Å². The van der Waals surface area contributed by atoms with Gasteiger partial charge in [-0.1, -0.05) is 49.8 Å². The lowest BCUT2D eigenvalue weighted by molar-refractivity contribution is -0.132. The van der Waals surface area contributed by atoms with Gasteiger partial charge >= 0.3 is 0 Å². The third-order valence-corrected chi connectivity index (χ3v) is 9.72. The van der Waals surface area contributed by atoms with E-state index in [-0.39, 0.29) is 27.9 Å². The highest BCUT2D eigenvalue weighted by Crippen LogP contribution is 2.58. The fraction of sp³-hybridized carbons (Fsp3) is 0.370. The summed E-state index contributed by atoms with van der Waals surface area (Å²) in [6.45, 7) is 12.2. The van der Waals surface area contributed by atoms with E-state index >= 15 is 0 Å². The fourth-order valence-electron chi connectivity index (χ4n) is 5.90. The molecule has 1 heterocycles. The lowest BCUT2D eigenvalue weighted by atomic mass is 9.52. The summed E-state index contributed by atoms with van der Waals surface area (Å²) in [5.74, 6) is -0.0641. The third-order valence-electron chi connectivity index (χ3n) is 8.03. The second kappa shape index (κ2) is 6.67. The normalized spacial score (nSPS) is 26.7. The summed E-state index contributed by atoms with van der Waals surface area (Å²) in [6.07, 6.45) is 5.16. The SMILES string of the molecule is C=C[C@@]1(C)CC[C@@H]2[C@H](C1=O)c1cn(S(=O)(=O)c3ccc(C)cc3)c3cccc(c13)C2(C)C. The standard InChI is InChI=1S/C27H29NO3S/c1-6-27(5)15-14-21-24(25(27)29)19-16-28(32(30,31)18-12-10-17(2)11-13-18)22-9-7-8-20(23(19)22)26(21,3)4/h6-13,16,21,24H,1,14-15H2,2-5H3/t21-,24-,27+/m1/s1. The number of carbonyl (C=O) groups is 1. The molecule has 166 valence electrons. The monoisotopic (exact) mass is 447 g/mol. The van der Waals surface area contributed by atoms with Gasteiger partial charge < -0.3 is 0 Å². The lowest BCUT2D eigenvalue weighted by Gasteiger charge is -2.49. The summed E-state index contributed by atoms with van der Waals surface area (Å²) < 4.78 is 28.7. The van der Waals surface area contributed by atoms with Crippen LogP contribution in [-0.4, -0.2) is 18.2 Å². The Bertz CT molecular complexity index is 1380. The van der Waals surface area contributed by atoms with Crippen LogP contribution in [0.4, 0.5) is 0 Å². The van der Waals surface area contributed by atoms with E-state index in [9.17, 15) is 13.2 Å². The van der Waals surface area contributed by atoms with Crippen LogP contribution in [0.3, 0.4) is 0 Å². The van der Waals surface area contributed by atoms with E-state index in [0.29, 0.717) is 5.52 Å². The van der Waals surface area contributed by atoms with Gasteiger partial charge in [0.1, 0.15) is 5.78 Å². The Labute approximate surface area is 190 Å². The Morgan fingerprint density at radius 3 is 2.44 bits per heavy atom. The van der Waals surface area contributed by atoms with Crippen LogP contribution in [0.1, 0.15) is 56.2 Å². The first-order chi connectivity index (χ1) is 15.0. The van der Waals surface area contributed by atoms with E-state index in [2.05, 4.69) is 26.5 Å². The average molecular weight is 448 g/mol. The second-order valence-electron chi connectivity index (χ2n) is 10.2. The first kappa shape index (κ1) is 21.2. The van der Waals surface area contributed by atoms with Gasteiger partial charge in [-0.25, -0.2) is 12.4 Å². The number of Topliss-reactive ketones (excluding diaryl/α,β-unsaturated/α-hetero) is 1. The molecule has 2 aliphatic carbocycles. The molecule has 0 unspecified atom stereocenters. The number of fused-ring (bicyclic) bond motifs is 2. The minimum atomic E-state index is -3.80. The molecule has 3 aromatic rings. The molecule has 32 heavy (non-hydrogen) atoms. The molecule has 1 saturated carbocycles. The molecule has 0 amide bonds. The van der Waals surface area contributed by atoms with Gasteiger partial charge in [-0.3, -0.25) is 4.79 Å². The molecule has 0 spiro atoms. The van der Waals surface area contributed by atoms with Gasteiger partial charge in [0.25, 0.3) is 10.0 Å². The Morgan fingerprint density at radius 2 is 1.78 bits per heavy atom. The van der Waals surface area contributed by atoms with Gasteiger partial charge in [-0.05, 0) is 67.3 Å². The number of benzene rings is 2. The first-order valence-electron chi connectivity index (χ1n) is 11.2. The predicted molar refractivity (Wildman–Crippen MR) is 128 cm³/mol. The lowest BCUT2D eigenvalue weighted by Crippen LogP contribution is -2.47. The maximum absolute atomic E-state index is 13.8. The number of aryl methyl sites for hydroxylation is 1. The highest BCUT2D eigenvalue weighted by molar-refractivity contribution is 7.90. The minimum Gasteiger partial charge on any atom is -0.298 e. The first-order valence-corrected chi connectivity index (χ1v) is 12.6. The van der Waals surface area contributed by atoms with Gasteiger partial charge in [-0.15, -0.1) is 6.58 Å². The molecule has 0 radical (unpaired) electrons. The number of ketones is 1. The highest BCUT2D eigenvalue weighted by Gasteiger charge is 2.53. The van der Waals surface area contributed by atoms with Crippen molar-refractivity contribution in [2.24, 2.45) is 11.3 Å². The van der Waals surface area contributed by atoms with Gasteiger partial charge in [0, 0.05) is 22.9 Å². The maximum atomic E-state index is 13.8. The summed E-state index contributed by atoms with van der Waals surface area (Å²) in [5.41, 5.74) is 2.78. The maximum Gasteiger partial charge on any atom is 0.268 e. The van der Waals surface area contributed by atoms with Crippen molar-refractivity contribution in [3.63, 3.8) is 0 Å². The topological polar surface area (TPSA) is 56.1 Å². The predicted octanol–water partition coefficient (Wildman–Crippen LogP) is 5.73. The van der Waals surface area contributed by atoms with E-state index in [0.717, 1.165) is 34.9 Å². The number of nitrogens with zero attached hydrogens (tertiary/aromatic N) is 1. The van der Waals surface area contributed by atoms with Crippen LogP contribution >= 0.6 is 0 Å². The van der Waals surface area contributed by atoms with E-state index in [4.69, 9.17) is 0 Å². The fourth-order valence-corrected chi connectivity index (χ4v) is 7.27. The summed E-state index contributed by atoms with van der Waals surface area (Å²) in [4.78, 5) is 14.0. The van der Waals surface area contributed by atoms with Crippen LogP contribution in [-0.2, 0) is 20.2 Å². The van der Waals surface area contributed by atoms with Gasteiger partial charge in [0.2, 0.25) is 0 Å². The molecule has 2 aromatic carbocycles. The van der Waals surface area contributed by atoms with Crippen LogP contribution in [0.15, 0.2) is 66.2 Å². The summed E-state index contributed by atoms with van der Waals surface area (Å²) in [7, 11) is -3.80. The van der Waals surface area contributed by atoms with Gasteiger partial charge in [0.05, 0.1) is 10.4 Å². The summed E-state index contributed by atoms with van der Waals surface area (Å²) >= 11 is 0.